The molecule has 2 aromatic carbocycles. The molecule has 1 amide bonds. The van der Waals surface area contributed by atoms with Gasteiger partial charge >= 0.3 is 6.18 Å². The molecular formula is C21H21F3N2O4S. The van der Waals surface area contributed by atoms with Gasteiger partial charge in [0.1, 0.15) is 5.72 Å². The monoisotopic (exact) mass is 454 g/mol. The first-order chi connectivity index (χ1) is 14.6. The third-order valence-corrected chi connectivity index (χ3v) is 7.68. The Kier molecular flexibility index (Phi) is 5.57. The van der Waals surface area contributed by atoms with Crippen LogP contribution in [0.1, 0.15) is 28.8 Å². The van der Waals surface area contributed by atoms with E-state index in [1.807, 2.05) is 0 Å². The van der Waals surface area contributed by atoms with Gasteiger partial charge < -0.3 is 9.64 Å². The Morgan fingerprint density at radius 2 is 1.65 bits per heavy atom. The maximum Gasteiger partial charge on any atom is 0.416 e. The first kappa shape index (κ1) is 21.8. The highest BCUT2D eigenvalue weighted by molar-refractivity contribution is 7.89. The number of alkyl halides is 3. The van der Waals surface area contributed by atoms with Gasteiger partial charge in [-0.3, -0.25) is 4.79 Å². The Bertz CT molecular complexity index is 1070. The Morgan fingerprint density at radius 1 is 0.968 bits per heavy atom. The molecule has 2 fully saturated rings. The van der Waals surface area contributed by atoms with Crippen molar-refractivity contribution in [1.82, 2.24) is 9.21 Å². The number of ether oxygens (including phenoxy) is 1. The van der Waals surface area contributed by atoms with Gasteiger partial charge in [0.15, 0.2) is 0 Å². The third-order valence-electron chi connectivity index (χ3n) is 5.72. The fourth-order valence-electron chi connectivity index (χ4n) is 4.12. The molecule has 0 aliphatic carbocycles. The lowest BCUT2D eigenvalue weighted by molar-refractivity contribution is -0.137. The molecule has 4 rings (SSSR count). The van der Waals surface area contributed by atoms with Crippen molar-refractivity contribution < 1.29 is 31.1 Å². The van der Waals surface area contributed by atoms with E-state index in [0.29, 0.717) is 0 Å². The molecule has 2 aromatic rings. The van der Waals surface area contributed by atoms with Crippen molar-refractivity contribution in [3.63, 3.8) is 0 Å². The summed E-state index contributed by atoms with van der Waals surface area (Å²) in [5, 5.41) is 0. The van der Waals surface area contributed by atoms with Gasteiger partial charge in [0.2, 0.25) is 10.0 Å². The van der Waals surface area contributed by atoms with Gasteiger partial charge in [0.05, 0.1) is 17.1 Å². The second-order valence-corrected chi connectivity index (χ2v) is 9.42. The van der Waals surface area contributed by atoms with E-state index >= 15 is 0 Å². The summed E-state index contributed by atoms with van der Waals surface area (Å²) in [6.07, 6.45) is -4.06. The molecule has 2 aliphatic heterocycles. The number of piperidine rings is 1. The predicted octanol–water partition coefficient (Wildman–Crippen LogP) is 3.36. The van der Waals surface area contributed by atoms with Crippen molar-refractivity contribution >= 4 is 15.9 Å². The Morgan fingerprint density at radius 3 is 2.29 bits per heavy atom. The lowest BCUT2D eigenvalue weighted by Gasteiger charge is -2.42. The lowest BCUT2D eigenvalue weighted by atomic mass is 9.99. The smallest absolute Gasteiger partial charge is 0.358 e. The predicted molar refractivity (Wildman–Crippen MR) is 106 cm³/mol. The Hall–Kier alpha value is -2.43. The number of amides is 1. The van der Waals surface area contributed by atoms with E-state index < -0.39 is 33.4 Å². The largest absolute Gasteiger partial charge is 0.416 e. The van der Waals surface area contributed by atoms with Gasteiger partial charge in [-0.05, 0) is 30.3 Å². The average Bonchev–Trinajstić information content (AvgIpc) is 3.18. The molecule has 31 heavy (non-hydrogen) atoms. The number of rotatable bonds is 3. The van der Waals surface area contributed by atoms with Crippen molar-refractivity contribution in [2.75, 3.05) is 26.2 Å². The van der Waals surface area contributed by atoms with Crippen LogP contribution in [-0.4, -0.2) is 55.5 Å². The number of sulfonamides is 1. The van der Waals surface area contributed by atoms with Gasteiger partial charge in [0, 0.05) is 38.0 Å². The SMILES string of the molecule is O=C(c1cccc(C(F)(F)F)c1)N1CCC2(CC1)OCCN2S(=O)(=O)c1ccccc1. The van der Waals surface area contributed by atoms with Crippen molar-refractivity contribution in [3.05, 3.63) is 65.7 Å². The molecule has 0 radical (unpaired) electrons. The standard InChI is InChI=1S/C21H21F3N2O4S/c22-21(23,24)17-6-4-5-16(15-17)19(27)25-11-9-20(10-12-25)26(13-14-30-20)31(28,29)18-7-2-1-3-8-18/h1-8,15H,9-14H2. The average molecular weight is 454 g/mol. The minimum Gasteiger partial charge on any atom is -0.358 e. The Labute approximate surface area is 178 Å². The number of benzene rings is 2. The summed E-state index contributed by atoms with van der Waals surface area (Å²) in [7, 11) is -3.78. The summed E-state index contributed by atoms with van der Waals surface area (Å²) in [6.45, 7) is 0.804. The molecule has 166 valence electrons. The van der Waals surface area contributed by atoms with E-state index in [-0.39, 0.29) is 49.5 Å². The maximum absolute atomic E-state index is 13.1. The topological polar surface area (TPSA) is 66.9 Å². The van der Waals surface area contributed by atoms with Crippen molar-refractivity contribution in [1.29, 1.82) is 0 Å². The number of likely N-dealkylation sites (tertiary alicyclic amines) is 1. The number of halogens is 3. The molecule has 2 heterocycles. The minimum absolute atomic E-state index is 0.0492. The first-order valence-corrected chi connectivity index (χ1v) is 11.3. The highest BCUT2D eigenvalue weighted by Crippen LogP contribution is 2.38. The van der Waals surface area contributed by atoms with Gasteiger partial charge in [-0.2, -0.15) is 17.5 Å². The summed E-state index contributed by atoms with van der Waals surface area (Å²) in [5.74, 6) is -0.517. The van der Waals surface area contributed by atoms with Crippen LogP contribution < -0.4 is 0 Å². The first-order valence-electron chi connectivity index (χ1n) is 9.82. The molecular weight excluding hydrogens is 433 g/mol. The molecule has 0 aromatic heterocycles. The molecule has 0 N–H and O–H groups in total. The van der Waals surface area contributed by atoms with Crippen LogP contribution >= 0.6 is 0 Å². The second kappa shape index (κ2) is 7.92. The highest BCUT2D eigenvalue weighted by Gasteiger charge is 2.51. The van der Waals surface area contributed by atoms with Crippen LogP contribution in [0.5, 0.6) is 0 Å². The molecule has 10 heteroatoms. The summed E-state index contributed by atoms with van der Waals surface area (Å²) < 4.78 is 72.4. The van der Waals surface area contributed by atoms with Crippen LogP contribution in [0, 0.1) is 0 Å². The second-order valence-electron chi connectivity index (χ2n) is 7.56. The van der Waals surface area contributed by atoms with Crippen LogP contribution in [0.15, 0.2) is 59.5 Å². The van der Waals surface area contributed by atoms with Crippen molar-refractivity contribution in [2.45, 2.75) is 29.6 Å². The van der Waals surface area contributed by atoms with Crippen LogP contribution in [-0.2, 0) is 20.9 Å². The van der Waals surface area contributed by atoms with Crippen molar-refractivity contribution in [3.8, 4) is 0 Å². The molecule has 2 saturated heterocycles. The molecule has 0 atom stereocenters. The van der Waals surface area contributed by atoms with E-state index in [9.17, 15) is 26.4 Å². The number of hydrogen-bond donors (Lipinski definition) is 0. The van der Waals surface area contributed by atoms with Gasteiger partial charge in [0.25, 0.3) is 5.91 Å². The number of hydrogen-bond acceptors (Lipinski definition) is 4. The van der Waals surface area contributed by atoms with Crippen LogP contribution in [0.3, 0.4) is 0 Å². The van der Waals surface area contributed by atoms with E-state index in [0.717, 1.165) is 12.1 Å². The van der Waals surface area contributed by atoms with Gasteiger partial charge in [-0.1, -0.05) is 24.3 Å². The van der Waals surface area contributed by atoms with Crippen molar-refractivity contribution in [2.24, 2.45) is 0 Å². The minimum atomic E-state index is -4.54. The molecule has 0 unspecified atom stereocenters. The highest BCUT2D eigenvalue weighted by atomic mass is 32.2. The van der Waals surface area contributed by atoms with E-state index in [1.165, 1.54) is 33.5 Å². The zero-order valence-electron chi connectivity index (χ0n) is 16.5. The van der Waals surface area contributed by atoms with Crippen LogP contribution in [0.25, 0.3) is 0 Å². The van der Waals surface area contributed by atoms with E-state index in [4.69, 9.17) is 4.74 Å². The zero-order valence-corrected chi connectivity index (χ0v) is 17.3. The summed E-state index contributed by atoms with van der Waals surface area (Å²) in [4.78, 5) is 14.4. The number of carbonyl (C=O) groups is 1. The molecule has 0 bridgehead atoms. The zero-order chi connectivity index (χ0) is 22.3. The fraction of sp³-hybridized carbons (Fsp3) is 0.381. The van der Waals surface area contributed by atoms with E-state index in [2.05, 4.69) is 0 Å². The summed E-state index contributed by atoms with van der Waals surface area (Å²) in [5.41, 5.74) is -1.99. The van der Waals surface area contributed by atoms with Gasteiger partial charge in [-0.25, -0.2) is 8.42 Å². The number of carbonyl (C=O) groups excluding carboxylic acids is 1. The van der Waals surface area contributed by atoms with Crippen LogP contribution in [0.2, 0.25) is 0 Å². The fourth-order valence-corrected chi connectivity index (χ4v) is 5.86. The van der Waals surface area contributed by atoms with Gasteiger partial charge in [-0.15, -0.1) is 0 Å². The molecule has 1 spiro atoms. The third kappa shape index (κ3) is 4.07. The molecule has 6 nitrogen and oxygen atoms in total. The Balaban J connectivity index is 1.51. The van der Waals surface area contributed by atoms with Crippen LogP contribution in [0.4, 0.5) is 13.2 Å². The maximum atomic E-state index is 13.1. The molecule has 0 saturated carbocycles. The summed E-state index contributed by atoms with van der Waals surface area (Å²) >= 11 is 0. The lowest BCUT2D eigenvalue weighted by Crippen LogP contribution is -2.55. The normalized spacial score (nSPS) is 19.6. The molecule has 2 aliphatic rings. The van der Waals surface area contributed by atoms with E-state index in [1.54, 1.807) is 18.2 Å². The number of nitrogens with zero attached hydrogens (tertiary/aromatic N) is 2. The summed E-state index contributed by atoms with van der Waals surface area (Å²) in [6, 6.07) is 12.4. The quantitative estimate of drug-likeness (QED) is 0.714.